The Morgan fingerprint density at radius 3 is 2.79 bits per heavy atom. The van der Waals surface area contributed by atoms with E-state index in [0.29, 0.717) is 5.25 Å². The van der Waals surface area contributed by atoms with Crippen molar-refractivity contribution < 1.29 is 0 Å². The van der Waals surface area contributed by atoms with Gasteiger partial charge in [0.25, 0.3) is 0 Å². The van der Waals surface area contributed by atoms with Crippen LogP contribution in [0.2, 0.25) is 5.02 Å². The minimum Gasteiger partial charge on any atom is -0.330 e. The van der Waals surface area contributed by atoms with Crippen LogP contribution in [0, 0.1) is 6.92 Å². The van der Waals surface area contributed by atoms with E-state index < -0.39 is 0 Å². The van der Waals surface area contributed by atoms with E-state index in [4.69, 9.17) is 17.3 Å². The Morgan fingerprint density at radius 2 is 2.21 bits per heavy atom. The predicted octanol–water partition coefficient (Wildman–Crippen LogP) is 3.48. The van der Waals surface area contributed by atoms with Crippen LogP contribution in [-0.4, -0.2) is 11.8 Å². The second-order valence-electron chi connectivity index (χ2n) is 3.42. The van der Waals surface area contributed by atoms with Crippen LogP contribution in [-0.2, 0) is 0 Å². The number of hydrogen-bond acceptors (Lipinski definition) is 2. The van der Waals surface area contributed by atoms with Gasteiger partial charge in [-0.3, -0.25) is 0 Å². The van der Waals surface area contributed by atoms with Crippen LogP contribution in [0.25, 0.3) is 0 Å². The summed E-state index contributed by atoms with van der Waals surface area (Å²) < 4.78 is 0. The molecule has 0 amide bonds. The molecule has 1 aromatic rings. The SMILES string of the molecule is Cc1cc(SC(C)CCN)ccc1Cl. The lowest BCUT2D eigenvalue weighted by atomic mass is 10.2. The molecule has 1 atom stereocenters. The Labute approximate surface area is 95.0 Å². The summed E-state index contributed by atoms with van der Waals surface area (Å²) >= 11 is 7.80. The first kappa shape index (κ1) is 11.9. The second-order valence-corrected chi connectivity index (χ2v) is 5.34. The first-order chi connectivity index (χ1) is 6.63. The minimum atomic E-state index is 0.570. The summed E-state index contributed by atoms with van der Waals surface area (Å²) in [5.74, 6) is 0. The molecular weight excluding hydrogens is 214 g/mol. The van der Waals surface area contributed by atoms with E-state index in [2.05, 4.69) is 19.1 Å². The molecule has 0 aromatic heterocycles. The third kappa shape index (κ3) is 3.52. The van der Waals surface area contributed by atoms with E-state index in [1.54, 1.807) is 0 Å². The lowest BCUT2D eigenvalue weighted by Crippen LogP contribution is -2.06. The van der Waals surface area contributed by atoms with E-state index in [1.807, 2.05) is 24.8 Å². The number of benzene rings is 1. The normalized spacial score (nSPS) is 12.9. The van der Waals surface area contributed by atoms with Gasteiger partial charge in [0.1, 0.15) is 0 Å². The quantitative estimate of drug-likeness (QED) is 0.801. The maximum Gasteiger partial charge on any atom is 0.0435 e. The Kier molecular flexibility index (Phi) is 4.79. The number of aryl methyl sites for hydroxylation is 1. The van der Waals surface area contributed by atoms with Gasteiger partial charge >= 0.3 is 0 Å². The van der Waals surface area contributed by atoms with Gasteiger partial charge in [0.15, 0.2) is 0 Å². The lowest BCUT2D eigenvalue weighted by molar-refractivity contribution is 0.823. The second kappa shape index (κ2) is 5.64. The maximum absolute atomic E-state index is 5.95. The van der Waals surface area contributed by atoms with Crippen molar-refractivity contribution in [2.24, 2.45) is 5.73 Å². The van der Waals surface area contributed by atoms with Crippen molar-refractivity contribution in [1.82, 2.24) is 0 Å². The molecule has 0 aliphatic heterocycles. The van der Waals surface area contributed by atoms with Crippen molar-refractivity contribution in [3.8, 4) is 0 Å². The summed E-state index contributed by atoms with van der Waals surface area (Å²) in [4.78, 5) is 1.27. The van der Waals surface area contributed by atoms with Gasteiger partial charge in [-0.05, 0) is 43.7 Å². The zero-order chi connectivity index (χ0) is 10.6. The van der Waals surface area contributed by atoms with Crippen LogP contribution in [0.1, 0.15) is 18.9 Å². The highest BCUT2D eigenvalue weighted by molar-refractivity contribution is 7.99. The summed E-state index contributed by atoms with van der Waals surface area (Å²) in [6, 6.07) is 6.14. The number of rotatable bonds is 4. The summed E-state index contributed by atoms with van der Waals surface area (Å²) in [6.45, 7) is 4.97. The molecule has 2 N–H and O–H groups in total. The highest BCUT2D eigenvalue weighted by Gasteiger charge is 2.04. The van der Waals surface area contributed by atoms with E-state index >= 15 is 0 Å². The molecule has 0 aliphatic carbocycles. The van der Waals surface area contributed by atoms with Gasteiger partial charge in [-0.1, -0.05) is 18.5 Å². The molecule has 1 nitrogen and oxygen atoms in total. The van der Waals surface area contributed by atoms with Gasteiger partial charge in [0.2, 0.25) is 0 Å². The predicted molar refractivity (Wildman–Crippen MR) is 65.2 cm³/mol. The van der Waals surface area contributed by atoms with Crippen LogP contribution in [0.4, 0.5) is 0 Å². The highest BCUT2D eigenvalue weighted by Crippen LogP contribution is 2.28. The molecule has 1 aromatic carbocycles. The monoisotopic (exact) mass is 229 g/mol. The topological polar surface area (TPSA) is 26.0 Å². The smallest absolute Gasteiger partial charge is 0.0435 e. The highest BCUT2D eigenvalue weighted by atomic mass is 35.5. The first-order valence-corrected chi connectivity index (χ1v) is 6.02. The average molecular weight is 230 g/mol. The standard InChI is InChI=1S/C11H16ClNS/c1-8-7-10(3-4-11(8)12)14-9(2)5-6-13/h3-4,7,9H,5-6,13H2,1-2H3. The van der Waals surface area contributed by atoms with Crippen LogP contribution in [0.15, 0.2) is 23.1 Å². The van der Waals surface area contributed by atoms with Crippen molar-refractivity contribution in [1.29, 1.82) is 0 Å². The molecule has 0 heterocycles. The van der Waals surface area contributed by atoms with Gasteiger partial charge in [0, 0.05) is 15.2 Å². The summed E-state index contributed by atoms with van der Waals surface area (Å²) in [6.07, 6.45) is 1.05. The summed E-state index contributed by atoms with van der Waals surface area (Å²) in [5.41, 5.74) is 6.64. The average Bonchev–Trinajstić information content (AvgIpc) is 2.12. The number of thioether (sulfide) groups is 1. The molecule has 0 fully saturated rings. The molecule has 0 saturated carbocycles. The van der Waals surface area contributed by atoms with Gasteiger partial charge in [-0.2, -0.15) is 0 Å². The fourth-order valence-corrected chi connectivity index (χ4v) is 2.44. The molecule has 0 radical (unpaired) electrons. The molecule has 3 heteroatoms. The lowest BCUT2D eigenvalue weighted by Gasteiger charge is -2.10. The molecule has 0 spiro atoms. The van der Waals surface area contributed by atoms with Crippen LogP contribution < -0.4 is 5.73 Å². The van der Waals surface area contributed by atoms with Gasteiger partial charge in [-0.25, -0.2) is 0 Å². The Hall–Kier alpha value is -0.180. The van der Waals surface area contributed by atoms with Crippen molar-refractivity contribution in [2.75, 3.05) is 6.54 Å². The zero-order valence-electron chi connectivity index (χ0n) is 8.59. The summed E-state index contributed by atoms with van der Waals surface area (Å²) in [7, 11) is 0. The fraction of sp³-hybridized carbons (Fsp3) is 0.455. The van der Waals surface area contributed by atoms with Gasteiger partial charge in [-0.15, -0.1) is 11.8 Å². The molecule has 0 bridgehead atoms. The first-order valence-electron chi connectivity index (χ1n) is 4.76. The van der Waals surface area contributed by atoms with Crippen molar-refractivity contribution in [3.63, 3.8) is 0 Å². The number of hydrogen-bond donors (Lipinski definition) is 1. The number of nitrogens with two attached hydrogens (primary N) is 1. The van der Waals surface area contributed by atoms with E-state index in [9.17, 15) is 0 Å². The van der Waals surface area contributed by atoms with E-state index in [-0.39, 0.29) is 0 Å². The molecule has 0 aliphatic rings. The zero-order valence-corrected chi connectivity index (χ0v) is 10.2. The van der Waals surface area contributed by atoms with Crippen LogP contribution >= 0.6 is 23.4 Å². The molecular formula is C11H16ClNS. The Morgan fingerprint density at radius 1 is 1.50 bits per heavy atom. The third-order valence-electron chi connectivity index (χ3n) is 2.04. The van der Waals surface area contributed by atoms with Crippen LogP contribution in [0.5, 0.6) is 0 Å². The van der Waals surface area contributed by atoms with Crippen molar-refractivity contribution in [3.05, 3.63) is 28.8 Å². The van der Waals surface area contributed by atoms with E-state index in [0.717, 1.165) is 23.6 Å². The van der Waals surface area contributed by atoms with E-state index in [1.165, 1.54) is 4.90 Å². The molecule has 14 heavy (non-hydrogen) atoms. The Balaban J connectivity index is 2.63. The fourth-order valence-electron chi connectivity index (χ4n) is 1.22. The molecule has 0 saturated heterocycles. The minimum absolute atomic E-state index is 0.570. The maximum atomic E-state index is 5.95. The van der Waals surface area contributed by atoms with Crippen LogP contribution in [0.3, 0.4) is 0 Å². The van der Waals surface area contributed by atoms with Gasteiger partial charge in [0.05, 0.1) is 0 Å². The Bertz CT molecular complexity index is 301. The van der Waals surface area contributed by atoms with Crippen molar-refractivity contribution in [2.45, 2.75) is 30.4 Å². The van der Waals surface area contributed by atoms with Crippen molar-refractivity contribution >= 4 is 23.4 Å². The van der Waals surface area contributed by atoms with Gasteiger partial charge < -0.3 is 5.73 Å². The summed E-state index contributed by atoms with van der Waals surface area (Å²) in [5, 5.41) is 1.40. The molecule has 1 rings (SSSR count). The largest absolute Gasteiger partial charge is 0.330 e. The molecule has 78 valence electrons. The number of halogens is 1. The molecule has 1 unspecified atom stereocenters. The third-order valence-corrected chi connectivity index (χ3v) is 3.63.